The lowest BCUT2D eigenvalue weighted by Crippen LogP contribution is -2.47. The lowest BCUT2D eigenvalue weighted by Gasteiger charge is -2.51. The number of aromatic nitrogens is 1. The number of benzene rings is 1. The molecule has 1 aromatic heterocycles. The van der Waals surface area contributed by atoms with Gasteiger partial charge in [0.15, 0.2) is 8.32 Å². The number of rotatable bonds is 5. The molecule has 0 N–H and O–H groups in total. The van der Waals surface area contributed by atoms with Gasteiger partial charge in [-0.05, 0) is 78.4 Å². The van der Waals surface area contributed by atoms with Gasteiger partial charge in [-0.1, -0.05) is 72.6 Å². The van der Waals surface area contributed by atoms with Crippen LogP contribution in [-0.2, 0) is 25.9 Å². The number of ether oxygens (including phenoxy) is 2. The molecule has 2 aromatic rings. The highest BCUT2D eigenvalue weighted by molar-refractivity contribution is 8.45. The Balaban J connectivity index is 1.58. The second kappa shape index (κ2) is 9.52. The highest BCUT2D eigenvalue weighted by Gasteiger charge is 2.65. The Bertz CT molecular complexity index is 1460. The van der Waals surface area contributed by atoms with Gasteiger partial charge in [0.2, 0.25) is 0 Å². The average molecular weight is 660 g/mol. The van der Waals surface area contributed by atoms with E-state index >= 15 is 0 Å². The Morgan fingerprint density at radius 2 is 1.57 bits per heavy atom. The molecule has 246 valence electrons. The zero-order valence-corrected chi connectivity index (χ0v) is 28.7. The van der Waals surface area contributed by atoms with Gasteiger partial charge >= 0.3 is 10.2 Å². The van der Waals surface area contributed by atoms with E-state index in [0.29, 0.717) is 43.8 Å². The van der Waals surface area contributed by atoms with Crippen molar-refractivity contribution in [1.82, 2.24) is 4.98 Å². The summed E-state index contributed by atoms with van der Waals surface area (Å²) >= 11 is 0. The van der Waals surface area contributed by atoms with Crippen LogP contribution >= 0.6 is 10.2 Å². The molecule has 0 unspecified atom stereocenters. The standard InChI is InChI=1S/C33H46F5NO3SSi/c1-21(2)29-27-28(26-24(39-29)19-32(13-8-14-32)20-25(26)42-44(6,7)31(3,4)5)33(15-17-40-18-16-33)41-30(27)22-9-11-23(12-10-22)43(34,35,36,37)38/h9-12,21,25,30H,8,13-20H2,1-7H3/t25-,30+/m0/s1. The summed E-state index contributed by atoms with van der Waals surface area (Å²) in [6.45, 7) is 16.4. The second-order valence-electron chi connectivity index (χ2n) is 15.5. The maximum Gasteiger partial charge on any atom is 0.310 e. The van der Waals surface area contributed by atoms with E-state index in [-0.39, 0.29) is 22.5 Å². The molecule has 1 saturated heterocycles. The molecule has 3 heterocycles. The first-order valence-corrected chi connectivity index (χ1v) is 20.8. The van der Waals surface area contributed by atoms with Gasteiger partial charge in [-0.25, -0.2) is 0 Å². The van der Waals surface area contributed by atoms with E-state index in [0.717, 1.165) is 65.9 Å². The summed E-state index contributed by atoms with van der Waals surface area (Å²) in [5, 5.41) is -0.00806. The molecule has 1 saturated carbocycles. The predicted octanol–water partition coefficient (Wildman–Crippen LogP) is 11.2. The van der Waals surface area contributed by atoms with Crippen LogP contribution in [0.1, 0.15) is 125 Å². The highest BCUT2D eigenvalue weighted by Crippen LogP contribution is 3.02. The summed E-state index contributed by atoms with van der Waals surface area (Å²) < 4.78 is 88.2. The molecule has 44 heavy (non-hydrogen) atoms. The molecule has 2 spiro atoms. The number of nitrogens with zero attached hydrogens (tertiary/aromatic N) is 1. The third kappa shape index (κ3) is 5.46. The van der Waals surface area contributed by atoms with Gasteiger partial charge in [-0.2, -0.15) is 0 Å². The van der Waals surface area contributed by atoms with E-state index in [1.807, 2.05) is 0 Å². The summed E-state index contributed by atoms with van der Waals surface area (Å²) in [6.07, 6.45) is 5.56. The van der Waals surface area contributed by atoms with Crippen molar-refractivity contribution in [1.29, 1.82) is 0 Å². The largest absolute Gasteiger partial charge is 0.410 e. The summed E-state index contributed by atoms with van der Waals surface area (Å²) in [4.78, 5) is 3.47. The molecular formula is C33H46F5NO3SSi. The minimum atomic E-state index is -9.82. The van der Waals surface area contributed by atoms with E-state index in [1.54, 1.807) is 0 Å². The lowest BCUT2D eigenvalue weighted by molar-refractivity contribution is -0.122. The van der Waals surface area contributed by atoms with Crippen LogP contribution < -0.4 is 0 Å². The lowest BCUT2D eigenvalue weighted by atomic mass is 9.58. The molecule has 4 aliphatic rings. The number of fused-ring (bicyclic) bond motifs is 4. The van der Waals surface area contributed by atoms with Gasteiger partial charge in [0.05, 0.1) is 11.7 Å². The zero-order chi connectivity index (χ0) is 32.2. The normalized spacial score (nSPS) is 26.2. The van der Waals surface area contributed by atoms with Crippen LogP contribution in [0.5, 0.6) is 0 Å². The van der Waals surface area contributed by atoms with Crippen LogP contribution in [0.4, 0.5) is 19.4 Å². The van der Waals surface area contributed by atoms with Crippen LogP contribution in [-0.4, -0.2) is 26.5 Å². The van der Waals surface area contributed by atoms with E-state index in [4.69, 9.17) is 18.9 Å². The van der Waals surface area contributed by atoms with Crippen molar-refractivity contribution in [2.24, 2.45) is 5.41 Å². The number of pyridine rings is 1. The second-order valence-corrected chi connectivity index (χ2v) is 22.7. The van der Waals surface area contributed by atoms with Crippen molar-refractivity contribution >= 4 is 18.5 Å². The maximum atomic E-state index is 13.6. The number of halogens is 5. The Morgan fingerprint density at radius 3 is 2.07 bits per heavy atom. The molecule has 1 aromatic carbocycles. The molecule has 4 nitrogen and oxygen atoms in total. The first-order chi connectivity index (χ1) is 20.0. The fourth-order valence-corrected chi connectivity index (χ4v) is 9.44. The molecule has 2 fully saturated rings. The smallest absolute Gasteiger partial charge is 0.310 e. The first kappa shape index (κ1) is 32.4. The van der Waals surface area contributed by atoms with Gasteiger partial charge in [0, 0.05) is 48.6 Å². The molecule has 0 amide bonds. The SMILES string of the molecule is CC(C)c1nc2c(c3c1[C@@H](c1ccc(S(F)(F)(F)(F)F)cc1)OC31CCOCC1)[C@@H](O[Si](C)(C)C(C)(C)C)CC1(CCC1)C2. The van der Waals surface area contributed by atoms with Gasteiger partial charge in [-0.15, -0.1) is 0 Å². The minimum absolute atomic E-state index is 0.00806. The van der Waals surface area contributed by atoms with Crippen molar-refractivity contribution < 1.29 is 33.3 Å². The van der Waals surface area contributed by atoms with Crippen molar-refractivity contribution in [3.05, 3.63) is 57.9 Å². The summed E-state index contributed by atoms with van der Waals surface area (Å²) in [6, 6.07) is 3.30. The number of hydrogen-bond acceptors (Lipinski definition) is 4. The van der Waals surface area contributed by atoms with Gasteiger partial charge in [0.25, 0.3) is 0 Å². The molecule has 0 radical (unpaired) electrons. The topological polar surface area (TPSA) is 40.6 Å². The zero-order valence-electron chi connectivity index (χ0n) is 26.9. The molecule has 11 heteroatoms. The summed E-state index contributed by atoms with van der Waals surface area (Å²) in [7, 11) is -12.0. The summed E-state index contributed by atoms with van der Waals surface area (Å²) in [5.74, 6) is 0.0122. The molecule has 2 aliphatic heterocycles. The van der Waals surface area contributed by atoms with Crippen molar-refractivity contribution in [3.63, 3.8) is 0 Å². The predicted molar refractivity (Wildman–Crippen MR) is 166 cm³/mol. The molecule has 2 aliphatic carbocycles. The van der Waals surface area contributed by atoms with E-state index in [2.05, 4.69) is 47.7 Å². The van der Waals surface area contributed by atoms with Crippen LogP contribution in [0.25, 0.3) is 0 Å². The Morgan fingerprint density at radius 1 is 0.955 bits per heavy atom. The quantitative estimate of drug-likeness (QED) is 0.237. The van der Waals surface area contributed by atoms with E-state index < -0.39 is 35.1 Å². The van der Waals surface area contributed by atoms with Crippen molar-refractivity contribution in [3.8, 4) is 0 Å². The summed E-state index contributed by atoms with van der Waals surface area (Å²) in [5.41, 5.74) is 4.81. The third-order valence-corrected chi connectivity index (χ3v) is 16.7. The third-order valence-electron chi connectivity index (χ3n) is 11.1. The van der Waals surface area contributed by atoms with Crippen LogP contribution in [0, 0.1) is 5.41 Å². The van der Waals surface area contributed by atoms with Gasteiger partial charge in [0.1, 0.15) is 11.0 Å². The molecular weight excluding hydrogens is 614 g/mol. The Hall–Kier alpha value is -1.53. The van der Waals surface area contributed by atoms with Crippen molar-refractivity contribution in [2.45, 2.75) is 126 Å². The molecule has 6 rings (SSSR count). The fraction of sp³-hybridized carbons (Fsp3) is 0.667. The van der Waals surface area contributed by atoms with Crippen LogP contribution in [0.2, 0.25) is 18.1 Å². The van der Waals surface area contributed by atoms with E-state index in [1.165, 1.54) is 6.42 Å². The minimum Gasteiger partial charge on any atom is -0.410 e. The van der Waals surface area contributed by atoms with Crippen LogP contribution in [0.15, 0.2) is 29.2 Å². The highest BCUT2D eigenvalue weighted by atomic mass is 32.5. The van der Waals surface area contributed by atoms with Crippen molar-refractivity contribution in [2.75, 3.05) is 13.2 Å². The van der Waals surface area contributed by atoms with E-state index in [9.17, 15) is 19.4 Å². The molecule has 2 atom stereocenters. The Labute approximate surface area is 259 Å². The fourth-order valence-electron chi connectivity index (χ4n) is 7.52. The van der Waals surface area contributed by atoms with Crippen LogP contribution in [0.3, 0.4) is 0 Å². The maximum absolute atomic E-state index is 13.6. The number of hydrogen-bond donors (Lipinski definition) is 0. The Kier molecular flexibility index (Phi) is 7.01. The average Bonchev–Trinajstić information content (AvgIpc) is 3.19. The van der Waals surface area contributed by atoms with Gasteiger partial charge in [-0.3, -0.25) is 4.98 Å². The monoisotopic (exact) mass is 659 g/mol. The molecule has 0 bridgehead atoms. The first-order valence-electron chi connectivity index (χ1n) is 15.9. The van der Waals surface area contributed by atoms with Gasteiger partial charge < -0.3 is 13.9 Å².